The van der Waals surface area contributed by atoms with Gasteiger partial charge in [-0.15, -0.1) is 0 Å². The number of hydrogen-bond acceptors (Lipinski definition) is 2. The normalized spacial score (nSPS) is 11.4. The minimum absolute atomic E-state index is 0.0494. The minimum Gasteiger partial charge on any atom is -0.333 e. The van der Waals surface area contributed by atoms with Crippen molar-refractivity contribution in [3.63, 3.8) is 0 Å². The molecule has 0 atom stereocenters. The van der Waals surface area contributed by atoms with Crippen LogP contribution in [0.25, 0.3) is 0 Å². The predicted molar refractivity (Wildman–Crippen MR) is 80.4 cm³/mol. The average Bonchev–Trinajstić information content (AvgIpc) is 2.92. The quantitative estimate of drug-likeness (QED) is 0.847. The van der Waals surface area contributed by atoms with Gasteiger partial charge in [0.1, 0.15) is 0 Å². The Morgan fingerprint density at radius 2 is 2.30 bits per heavy atom. The van der Waals surface area contributed by atoms with Gasteiger partial charge in [-0.25, -0.2) is 4.98 Å². The predicted octanol–water partition coefficient (Wildman–Crippen LogP) is 3.23. The van der Waals surface area contributed by atoms with Gasteiger partial charge in [0.2, 0.25) is 0 Å². The Bertz CT molecular complexity index is 600. The zero-order chi connectivity index (χ0) is 14.4. The third kappa shape index (κ3) is 3.82. The first kappa shape index (κ1) is 14.1. The highest BCUT2D eigenvalue weighted by atomic mass is 16.1. The van der Waals surface area contributed by atoms with Crippen LogP contribution in [0.4, 0.5) is 5.69 Å². The number of carbonyl (C=O) groups is 1. The van der Waals surface area contributed by atoms with Gasteiger partial charge < -0.3 is 9.88 Å². The van der Waals surface area contributed by atoms with Crippen LogP contribution >= 0.6 is 0 Å². The van der Waals surface area contributed by atoms with E-state index in [1.54, 1.807) is 12.5 Å². The molecule has 0 saturated heterocycles. The number of nitrogens with zero attached hydrogens (tertiary/aromatic N) is 2. The zero-order valence-electron chi connectivity index (χ0n) is 11.8. The zero-order valence-corrected chi connectivity index (χ0v) is 11.8. The largest absolute Gasteiger partial charge is 0.333 e. The molecular weight excluding hydrogens is 250 g/mol. The van der Waals surface area contributed by atoms with Crippen LogP contribution in [0.15, 0.2) is 54.6 Å². The number of amides is 1. The average molecular weight is 269 g/mol. The van der Waals surface area contributed by atoms with Crippen LogP contribution in [0.1, 0.15) is 25.8 Å². The van der Waals surface area contributed by atoms with Crippen LogP contribution < -0.4 is 5.32 Å². The van der Waals surface area contributed by atoms with Crippen molar-refractivity contribution in [1.82, 2.24) is 9.55 Å². The SMILES string of the molecule is CCC=C(C)C(=O)Nc1cccc(Cn2ccnc2)c1. The summed E-state index contributed by atoms with van der Waals surface area (Å²) in [7, 11) is 0. The number of anilines is 1. The topological polar surface area (TPSA) is 46.9 Å². The molecule has 0 aliphatic carbocycles. The van der Waals surface area contributed by atoms with Gasteiger partial charge in [0.05, 0.1) is 6.33 Å². The van der Waals surface area contributed by atoms with E-state index < -0.39 is 0 Å². The van der Waals surface area contributed by atoms with E-state index in [1.807, 2.05) is 55.0 Å². The molecule has 2 rings (SSSR count). The van der Waals surface area contributed by atoms with E-state index in [0.717, 1.165) is 29.8 Å². The van der Waals surface area contributed by atoms with Crippen LogP contribution in [-0.2, 0) is 11.3 Å². The molecule has 2 aromatic rings. The molecule has 0 aliphatic rings. The molecule has 20 heavy (non-hydrogen) atoms. The highest BCUT2D eigenvalue weighted by Crippen LogP contribution is 2.13. The molecule has 0 spiro atoms. The lowest BCUT2D eigenvalue weighted by molar-refractivity contribution is -0.112. The second-order valence-electron chi connectivity index (χ2n) is 4.68. The van der Waals surface area contributed by atoms with E-state index in [0.29, 0.717) is 0 Å². The van der Waals surface area contributed by atoms with Gasteiger partial charge in [-0.1, -0.05) is 25.1 Å². The molecule has 0 bridgehead atoms. The Labute approximate surface area is 119 Å². The summed E-state index contributed by atoms with van der Waals surface area (Å²) in [5.41, 5.74) is 2.68. The number of nitrogens with one attached hydrogen (secondary N) is 1. The van der Waals surface area contributed by atoms with Gasteiger partial charge in [-0.05, 0) is 31.0 Å². The van der Waals surface area contributed by atoms with Crippen molar-refractivity contribution < 1.29 is 4.79 Å². The van der Waals surface area contributed by atoms with E-state index in [-0.39, 0.29) is 5.91 Å². The summed E-state index contributed by atoms with van der Waals surface area (Å²) in [5, 5.41) is 2.91. The van der Waals surface area contributed by atoms with Gasteiger partial charge in [-0.2, -0.15) is 0 Å². The molecule has 4 nitrogen and oxygen atoms in total. The van der Waals surface area contributed by atoms with Crippen LogP contribution in [-0.4, -0.2) is 15.5 Å². The van der Waals surface area contributed by atoms with Crippen molar-refractivity contribution in [3.8, 4) is 0 Å². The fourth-order valence-electron chi connectivity index (χ4n) is 1.97. The number of imidazole rings is 1. The Balaban J connectivity index is 2.06. The molecule has 1 N–H and O–H groups in total. The molecule has 0 unspecified atom stereocenters. The first-order chi connectivity index (χ1) is 9.69. The second-order valence-corrected chi connectivity index (χ2v) is 4.68. The number of benzene rings is 1. The van der Waals surface area contributed by atoms with Crippen molar-refractivity contribution in [2.75, 3.05) is 5.32 Å². The maximum Gasteiger partial charge on any atom is 0.250 e. The summed E-state index contributed by atoms with van der Waals surface area (Å²) < 4.78 is 1.99. The third-order valence-corrected chi connectivity index (χ3v) is 2.98. The summed E-state index contributed by atoms with van der Waals surface area (Å²) in [6, 6.07) is 7.86. The summed E-state index contributed by atoms with van der Waals surface area (Å²) in [5.74, 6) is -0.0494. The highest BCUT2D eigenvalue weighted by Gasteiger charge is 2.04. The highest BCUT2D eigenvalue weighted by molar-refractivity contribution is 6.03. The van der Waals surface area contributed by atoms with Crippen LogP contribution in [0.3, 0.4) is 0 Å². The lowest BCUT2D eigenvalue weighted by Crippen LogP contribution is -2.12. The lowest BCUT2D eigenvalue weighted by atomic mass is 10.2. The summed E-state index contributed by atoms with van der Waals surface area (Å²) in [4.78, 5) is 16.0. The van der Waals surface area contributed by atoms with Crippen molar-refractivity contribution in [2.45, 2.75) is 26.8 Å². The van der Waals surface area contributed by atoms with E-state index in [2.05, 4.69) is 10.3 Å². The standard InChI is InChI=1S/C16H19N3O/c1-3-5-13(2)16(20)18-15-7-4-6-14(10-15)11-19-9-8-17-12-19/h4-10,12H,3,11H2,1-2H3,(H,18,20). The summed E-state index contributed by atoms with van der Waals surface area (Å²) in [6.45, 7) is 4.59. The Hall–Kier alpha value is -2.36. The van der Waals surface area contributed by atoms with Gasteiger partial charge in [0, 0.05) is 30.2 Å². The van der Waals surface area contributed by atoms with Gasteiger partial charge in [0.15, 0.2) is 0 Å². The van der Waals surface area contributed by atoms with Gasteiger partial charge in [0.25, 0.3) is 5.91 Å². The Kier molecular flexibility index (Phi) is 4.71. The maximum atomic E-state index is 11.9. The molecule has 0 fully saturated rings. The fourth-order valence-corrected chi connectivity index (χ4v) is 1.97. The van der Waals surface area contributed by atoms with Crippen molar-refractivity contribution in [1.29, 1.82) is 0 Å². The van der Waals surface area contributed by atoms with E-state index in [4.69, 9.17) is 0 Å². The number of rotatable bonds is 5. The molecule has 0 saturated carbocycles. The number of allylic oxidation sites excluding steroid dienone is 1. The number of aromatic nitrogens is 2. The molecule has 0 aliphatic heterocycles. The van der Waals surface area contributed by atoms with Crippen molar-refractivity contribution in [2.24, 2.45) is 0 Å². The maximum absolute atomic E-state index is 11.9. The van der Waals surface area contributed by atoms with Crippen molar-refractivity contribution in [3.05, 3.63) is 60.2 Å². The number of carbonyl (C=O) groups excluding carboxylic acids is 1. The molecular formula is C16H19N3O. The monoisotopic (exact) mass is 269 g/mol. The minimum atomic E-state index is -0.0494. The molecule has 4 heteroatoms. The van der Waals surface area contributed by atoms with Crippen LogP contribution in [0.2, 0.25) is 0 Å². The summed E-state index contributed by atoms with van der Waals surface area (Å²) >= 11 is 0. The van der Waals surface area contributed by atoms with Gasteiger partial charge >= 0.3 is 0 Å². The second kappa shape index (κ2) is 6.70. The van der Waals surface area contributed by atoms with E-state index in [9.17, 15) is 4.79 Å². The first-order valence-electron chi connectivity index (χ1n) is 6.72. The van der Waals surface area contributed by atoms with E-state index >= 15 is 0 Å². The molecule has 104 valence electrons. The van der Waals surface area contributed by atoms with Crippen LogP contribution in [0, 0.1) is 0 Å². The Morgan fingerprint density at radius 3 is 3.00 bits per heavy atom. The molecule has 1 aromatic carbocycles. The molecule has 1 heterocycles. The van der Waals surface area contributed by atoms with Crippen molar-refractivity contribution >= 4 is 11.6 Å². The first-order valence-corrected chi connectivity index (χ1v) is 6.72. The lowest BCUT2D eigenvalue weighted by Gasteiger charge is -2.08. The fraction of sp³-hybridized carbons (Fsp3) is 0.250. The molecule has 1 amide bonds. The molecule has 0 radical (unpaired) electrons. The summed E-state index contributed by atoms with van der Waals surface area (Å²) in [6.07, 6.45) is 8.23. The third-order valence-electron chi connectivity index (χ3n) is 2.98. The van der Waals surface area contributed by atoms with Gasteiger partial charge in [-0.3, -0.25) is 4.79 Å². The smallest absolute Gasteiger partial charge is 0.250 e. The van der Waals surface area contributed by atoms with E-state index in [1.165, 1.54) is 0 Å². The van der Waals surface area contributed by atoms with Crippen LogP contribution in [0.5, 0.6) is 0 Å². The number of hydrogen-bond donors (Lipinski definition) is 1. The Morgan fingerprint density at radius 1 is 1.45 bits per heavy atom. The molecule has 1 aromatic heterocycles.